The van der Waals surface area contributed by atoms with Gasteiger partial charge in [-0.1, -0.05) is 12.2 Å². The lowest BCUT2D eigenvalue weighted by Crippen LogP contribution is -2.28. The van der Waals surface area contributed by atoms with Crippen molar-refractivity contribution in [2.45, 2.75) is 25.8 Å². The van der Waals surface area contributed by atoms with Crippen LogP contribution >= 0.6 is 0 Å². The molecule has 0 radical (unpaired) electrons. The molecular formula is C17H20N2. The molecule has 0 aliphatic heterocycles. The second kappa shape index (κ2) is 4.16. The first-order valence-electron chi connectivity index (χ1n) is 7.31. The number of rotatable bonds is 3. The Balaban J connectivity index is 1.52. The molecule has 4 atom stereocenters. The van der Waals surface area contributed by atoms with Crippen molar-refractivity contribution < 1.29 is 0 Å². The van der Waals surface area contributed by atoms with E-state index < -0.39 is 0 Å². The molecule has 2 bridgehead atoms. The highest BCUT2D eigenvalue weighted by atomic mass is 14.9. The number of aromatic amines is 1. The zero-order chi connectivity index (χ0) is 12.8. The topological polar surface area (TPSA) is 27.8 Å². The molecule has 1 heterocycles. The van der Waals surface area contributed by atoms with Gasteiger partial charge in [0.15, 0.2) is 0 Å². The molecule has 2 heteroatoms. The zero-order valence-corrected chi connectivity index (χ0v) is 11.3. The second-order valence-corrected chi connectivity index (χ2v) is 6.16. The Kier molecular flexibility index (Phi) is 2.44. The molecule has 1 fully saturated rings. The number of hydrogen-bond donors (Lipinski definition) is 2. The average Bonchev–Trinajstić information content (AvgIpc) is 3.13. The number of H-pyrrole nitrogens is 1. The van der Waals surface area contributed by atoms with Gasteiger partial charge >= 0.3 is 0 Å². The number of hydrogen-bond acceptors (Lipinski definition) is 1. The molecule has 2 aromatic rings. The first kappa shape index (κ1) is 11.2. The summed E-state index contributed by atoms with van der Waals surface area (Å²) in [6.07, 6.45) is 9.60. The van der Waals surface area contributed by atoms with Crippen molar-refractivity contribution in [3.05, 3.63) is 42.6 Å². The largest absolute Gasteiger partial charge is 0.382 e. The lowest BCUT2D eigenvalue weighted by atomic mass is 9.87. The summed E-state index contributed by atoms with van der Waals surface area (Å²) in [6, 6.07) is 9.26. The van der Waals surface area contributed by atoms with Crippen molar-refractivity contribution in [3.8, 4) is 0 Å². The van der Waals surface area contributed by atoms with Crippen LogP contribution in [-0.2, 0) is 0 Å². The van der Waals surface area contributed by atoms with Crippen LogP contribution in [0.2, 0.25) is 0 Å². The SMILES string of the molecule is CC(Nc1ccc2[nH]ccc2c1)C1CC2C=CC1C2. The number of nitrogens with one attached hydrogen (secondary N) is 2. The predicted octanol–water partition coefficient (Wildman–Crippen LogP) is 4.18. The van der Waals surface area contributed by atoms with Gasteiger partial charge in [0.2, 0.25) is 0 Å². The van der Waals surface area contributed by atoms with Crippen LogP contribution in [0, 0.1) is 17.8 Å². The van der Waals surface area contributed by atoms with Crippen LogP contribution in [0.25, 0.3) is 10.9 Å². The minimum Gasteiger partial charge on any atom is -0.382 e. The Morgan fingerprint density at radius 3 is 2.95 bits per heavy atom. The molecule has 2 aliphatic rings. The molecule has 4 rings (SSSR count). The number of fused-ring (bicyclic) bond motifs is 3. The maximum atomic E-state index is 3.70. The highest BCUT2D eigenvalue weighted by molar-refractivity contribution is 5.83. The van der Waals surface area contributed by atoms with Crippen LogP contribution in [0.5, 0.6) is 0 Å². The molecule has 19 heavy (non-hydrogen) atoms. The van der Waals surface area contributed by atoms with Crippen LogP contribution < -0.4 is 5.32 Å². The van der Waals surface area contributed by atoms with Gasteiger partial charge in [-0.2, -0.15) is 0 Å². The number of aromatic nitrogens is 1. The smallest absolute Gasteiger partial charge is 0.0455 e. The average molecular weight is 252 g/mol. The summed E-state index contributed by atoms with van der Waals surface area (Å²) in [4.78, 5) is 3.24. The predicted molar refractivity (Wildman–Crippen MR) is 80.2 cm³/mol. The van der Waals surface area contributed by atoms with Gasteiger partial charge in [-0.15, -0.1) is 0 Å². The summed E-state index contributed by atoms with van der Waals surface area (Å²) in [5, 5.41) is 4.99. The quantitative estimate of drug-likeness (QED) is 0.788. The minimum atomic E-state index is 0.552. The fourth-order valence-corrected chi connectivity index (χ4v) is 3.91. The van der Waals surface area contributed by atoms with Crippen LogP contribution in [0.3, 0.4) is 0 Å². The molecule has 0 amide bonds. The summed E-state index contributed by atoms with van der Waals surface area (Å²) >= 11 is 0. The summed E-state index contributed by atoms with van der Waals surface area (Å²) in [7, 11) is 0. The standard InChI is InChI=1S/C17H20N2/c1-11(16-9-12-2-3-13(16)8-12)19-15-4-5-17-14(10-15)6-7-18-17/h2-7,10-13,16,18-19H,8-9H2,1H3. The molecule has 2 aliphatic carbocycles. The van der Waals surface area contributed by atoms with E-state index in [4.69, 9.17) is 0 Å². The molecule has 2 N–H and O–H groups in total. The minimum absolute atomic E-state index is 0.552. The van der Waals surface area contributed by atoms with Crippen molar-refractivity contribution in [1.82, 2.24) is 4.98 Å². The fraction of sp³-hybridized carbons (Fsp3) is 0.412. The first-order valence-corrected chi connectivity index (χ1v) is 7.31. The molecule has 98 valence electrons. The van der Waals surface area contributed by atoms with Crippen molar-refractivity contribution in [1.29, 1.82) is 0 Å². The molecule has 4 unspecified atom stereocenters. The van der Waals surface area contributed by atoms with Crippen molar-refractivity contribution in [2.24, 2.45) is 17.8 Å². The maximum absolute atomic E-state index is 3.70. The van der Waals surface area contributed by atoms with Crippen molar-refractivity contribution >= 4 is 16.6 Å². The molecule has 0 saturated heterocycles. The lowest BCUT2D eigenvalue weighted by Gasteiger charge is -2.27. The van der Waals surface area contributed by atoms with Gasteiger partial charge in [-0.25, -0.2) is 0 Å². The van der Waals surface area contributed by atoms with Crippen LogP contribution in [0.4, 0.5) is 5.69 Å². The van der Waals surface area contributed by atoms with E-state index in [-0.39, 0.29) is 0 Å². The number of benzene rings is 1. The van der Waals surface area contributed by atoms with E-state index >= 15 is 0 Å². The van der Waals surface area contributed by atoms with Crippen LogP contribution in [0.15, 0.2) is 42.6 Å². The molecule has 0 spiro atoms. The van der Waals surface area contributed by atoms with Gasteiger partial charge in [0.05, 0.1) is 0 Å². The van der Waals surface area contributed by atoms with Crippen molar-refractivity contribution in [3.63, 3.8) is 0 Å². The van der Waals surface area contributed by atoms with E-state index in [1.54, 1.807) is 0 Å². The number of allylic oxidation sites excluding steroid dienone is 2. The Morgan fingerprint density at radius 1 is 1.21 bits per heavy atom. The van der Waals surface area contributed by atoms with Gasteiger partial charge in [-0.05, 0) is 61.8 Å². The Morgan fingerprint density at radius 2 is 2.16 bits per heavy atom. The first-order chi connectivity index (χ1) is 9.29. The van der Waals surface area contributed by atoms with Gasteiger partial charge in [0, 0.05) is 28.8 Å². The van der Waals surface area contributed by atoms with Gasteiger partial charge < -0.3 is 10.3 Å². The second-order valence-electron chi connectivity index (χ2n) is 6.16. The van der Waals surface area contributed by atoms with E-state index in [0.29, 0.717) is 6.04 Å². The normalized spacial score (nSPS) is 30.1. The molecular weight excluding hydrogens is 232 g/mol. The molecule has 1 saturated carbocycles. The summed E-state index contributed by atoms with van der Waals surface area (Å²) in [6.45, 7) is 2.33. The lowest BCUT2D eigenvalue weighted by molar-refractivity contribution is 0.400. The van der Waals surface area contributed by atoms with E-state index in [1.165, 1.54) is 29.4 Å². The molecule has 1 aromatic carbocycles. The van der Waals surface area contributed by atoms with Gasteiger partial charge in [0.25, 0.3) is 0 Å². The number of anilines is 1. The summed E-state index contributed by atoms with van der Waals surface area (Å²) in [5.74, 6) is 2.46. The third-order valence-electron chi connectivity index (χ3n) is 4.92. The van der Waals surface area contributed by atoms with E-state index in [2.05, 4.69) is 53.6 Å². The maximum Gasteiger partial charge on any atom is 0.0455 e. The van der Waals surface area contributed by atoms with Crippen molar-refractivity contribution in [2.75, 3.05) is 5.32 Å². The Hall–Kier alpha value is -1.70. The third kappa shape index (κ3) is 1.86. The Bertz CT molecular complexity index is 625. The van der Waals surface area contributed by atoms with Gasteiger partial charge in [-0.3, -0.25) is 0 Å². The van der Waals surface area contributed by atoms with Gasteiger partial charge in [0.1, 0.15) is 0 Å². The highest BCUT2D eigenvalue weighted by Crippen LogP contribution is 2.45. The van der Waals surface area contributed by atoms with Crippen LogP contribution in [-0.4, -0.2) is 11.0 Å². The molecule has 2 nitrogen and oxygen atoms in total. The molecule has 1 aromatic heterocycles. The third-order valence-corrected chi connectivity index (χ3v) is 4.92. The van der Waals surface area contributed by atoms with E-state index in [0.717, 1.165) is 17.8 Å². The fourth-order valence-electron chi connectivity index (χ4n) is 3.91. The van der Waals surface area contributed by atoms with E-state index in [1.807, 2.05) is 6.20 Å². The summed E-state index contributed by atoms with van der Waals surface area (Å²) < 4.78 is 0. The zero-order valence-electron chi connectivity index (χ0n) is 11.3. The monoisotopic (exact) mass is 252 g/mol. The Labute approximate surface area is 113 Å². The van der Waals surface area contributed by atoms with E-state index in [9.17, 15) is 0 Å². The van der Waals surface area contributed by atoms with Crippen LogP contribution in [0.1, 0.15) is 19.8 Å². The summed E-state index contributed by atoms with van der Waals surface area (Å²) in [5.41, 5.74) is 2.45. The highest BCUT2D eigenvalue weighted by Gasteiger charge is 2.38.